The van der Waals surface area contributed by atoms with Gasteiger partial charge in [0.25, 0.3) is 0 Å². The fourth-order valence-electron chi connectivity index (χ4n) is 2.30. The quantitative estimate of drug-likeness (QED) is 0.593. The lowest BCUT2D eigenvalue weighted by atomic mass is 10.2. The van der Waals surface area contributed by atoms with Gasteiger partial charge in [0, 0.05) is 13.2 Å². The summed E-state index contributed by atoms with van der Waals surface area (Å²) in [5, 5.41) is 0. The van der Waals surface area contributed by atoms with Gasteiger partial charge < -0.3 is 14.2 Å². The lowest BCUT2D eigenvalue weighted by molar-refractivity contribution is 0.110. The van der Waals surface area contributed by atoms with Crippen LogP contribution >= 0.6 is 0 Å². The molecule has 0 saturated heterocycles. The van der Waals surface area contributed by atoms with Gasteiger partial charge in [0.2, 0.25) is 10.0 Å². The summed E-state index contributed by atoms with van der Waals surface area (Å²) in [6.07, 6.45) is 0.0977. The average molecular weight is 394 g/mol. The number of hydrogen-bond donors (Lipinski definition) is 1. The highest BCUT2D eigenvalue weighted by molar-refractivity contribution is 7.89. The van der Waals surface area contributed by atoms with Crippen LogP contribution in [0.2, 0.25) is 0 Å². The van der Waals surface area contributed by atoms with Gasteiger partial charge in [-0.05, 0) is 62.7 Å². The van der Waals surface area contributed by atoms with Crippen molar-refractivity contribution in [3.05, 3.63) is 54.1 Å². The molecule has 0 aromatic heterocycles. The van der Waals surface area contributed by atoms with Crippen molar-refractivity contribution in [1.82, 2.24) is 4.72 Å². The third-order valence-corrected chi connectivity index (χ3v) is 5.01. The van der Waals surface area contributed by atoms with E-state index in [1.165, 1.54) is 12.1 Å². The number of hydrogen-bond acceptors (Lipinski definition) is 5. The Morgan fingerprint density at radius 2 is 1.56 bits per heavy atom. The summed E-state index contributed by atoms with van der Waals surface area (Å²) in [4.78, 5) is 0.194. The van der Waals surface area contributed by atoms with Gasteiger partial charge in [-0.25, -0.2) is 13.1 Å². The maximum Gasteiger partial charge on any atom is 0.240 e. The van der Waals surface area contributed by atoms with Crippen molar-refractivity contribution in [2.24, 2.45) is 0 Å². The number of sulfonamides is 1. The summed E-state index contributed by atoms with van der Waals surface area (Å²) in [7, 11) is -3.59. The number of ether oxygens (including phenoxy) is 3. The first-order chi connectivity index (χ1) is 12.9. The van der Waals surface area contributed by atoms with E-state index in [-0.39, 0.29) is 17.5 Å². The van der Waals surface area contributed by atoms with Crippen LogP contribution in [0.25, 0.3) is 0 Å². The van der Waals surface area contributed by atoms with Crippen LogP contribution in [0.4, 0.5) is 0 Å². The molecule has 0 aliphatic carbocycles. The molecule has 2 aromatic carbocycles. The Kier molecular flexibility index (Phi) is 8.09. The van der Waals surface area contributed by atoms with Gasteiger partial charge in [-0.2, -0.15) is 0 Å². The van der Waals surface area contributed by atoms with Crippen LogP contribution in [-0.4, -0.2) is 34.3 Å². The molecule has 7 heteroatoms. The third kappa shape index (κ3) is 7.21. The molecule has 2 rings (SSSR count). The molecule has 0 aliphatic heterocycles. The van der Waals surface area contributed by atoms with Crippen LogP contribution in [0.1, 0.15) is 26.3 Å². The summed E-state index contributed by atoms with van der Waals surface area (Å²) < 4.78 is 43.7. The molecule has 0 aliphatic rings. The molecule has 0 heterocycles. The first-order valence-electron chi connectivity index (χ1n) is 8.96. The molecule has 0 bridgehead atoms. The second-order valence-electron chi connectivity index (χ2n) is 6.15. The third-order valence-electron chi connectivity index (χ3n) is 3.60. The van der Waals surface area contributed by atoms with Gasteiger partial charge in [0.1, 0.15) is 18.1 Å². The second-order valence-corrected chi connectivity index (χ2v) is 7.92. The Morgan fingerprint density at radius 1 is 0.926 bits per heavy atom. The van der Waals surface area contributed by atoms with Crippen molar-refractivity contribution >= 4 is 10.0 Å². The molecular weight excluding hydrogens is 366 g/mol. The smallest absolute Gasteiger partial charge is 0.240 e. The number of benzene rings is 2. The molecule has 0 spiro atoms. The fraction of sp³-hybridized carbons (Fsp3) is 0.400. The molecule has 2 aromatic rings. The summed E-state index contributed by atoms with van der Waals surface area (Å²) in [6, 6.07) is 13.7. The van der Waals surface area contributed by atoms with Crippen LogP contribution in [0.5, 0.6) is 11.5 Å². The van der Waals surface area contributed by atoms with E-state index in [9.17, 15) is 8.42 Å². The zero-order chi connectivity index (χ0) is 19.7. The monoisotopic (exact) mass is 393 g/mol. The molecule has 0 atom stereocenters. The maximum atomic E-state index is 12.4. The molecule has 1 N–H and O–H groups in total. The van der Waals surface area contributed by atoms with E-state index in [4.69, 9.17) is 14.2 Å². The van der Waals surface area contributed by atoms with E-state index >= 15 is 0 Å². The summed E-state index contributed by atoms with van der Waals surface area (Å²) in [5.41, 5.74) is 0.852. The number of nitrogens with one attached hydrogen (secondary N) is 1. The summed E-state index contributed by atoms with van der Waals surface area (Å²) >= 11 is 0. The van der Waals surface area contributed by atoms with E-state index in [0.717, 1.165) is 11.3 Å². The van der Waals surface area contributed by atoms with Crippen molar-refractivity contribution in [2.45, 2.75) is 38.3 Å². The van der Waals surface area contributed by atoms with Crippen LogP contribution in [-0.2, 0) is 21.3 Å². The molecule has 0 unspecified atom stereocenters. The van der Waals surface area contributed by atoms with Gasteiger partial charge in [-0.1, -0.05) is 12.1 Å². The van der Waals surface area contributed by atoms with Crippen molar-refractivity contribution in [3.63, 3.8) is 0 Å². The fourth-order valence-corrected chi connectivity index (χ4v) is 3.32. The zero-order valence-electron chi connectivity index (χ0n) is 16.0. The van der Waals surface area contributed by atoms with E-state index in [1.54, 1.807) is 12.1 Å². The topological polar surface area (TPSA) is 73.9 Å². The zero-order valence-corrected chi connectivity index (χ0v) is 16.8. The molecule has 27 heavy (non-hydrogen) atoms. The highest BCUT2D eigenvalue weighted by Crippen LogP contribution is 2.17. The standard InChI is InChI=1S/C20H27NO5S/c1-4-24-13-14-25-18-9-11-20(12-10-18)27(22,23)21-15-17-5-7-19(8-6-17)26-16(2)3/h5-12,16,21H,4,13-15H2,1-3H3. The molecule has 6 nitrogen and oxygen atoms in total. The van der Waals surface area contributed by atoms with Crippen molar-refractivity contribution in [1.29, 1.82) is 0 Å². The van der Waals surface area contributed by atoms with Gasteiger partial charge in [-0.3, -0.25) is 0 Å². The van der Waals surface area contributed by atoms with E-state index < -0.39 is 10.0 Å². The Labute approximate surface area is 161 Å². The highest BCUT2D eigenvalue weighted by atomic mass is 32.2. The molecule has 0 radical (unpaired) electrons. The normalized spacial score (nSPS) is 11.6. The molecular formula is C20H27NO5S. The first kappa shape index (κ1) is 21.2. The minimum absolute atomic E-state index is 0.0977. The Bertz CT molecular complexity index is 786. The average Bonchev–Trinajstić information content (AvgIpc) is 2.65. The molecule has 0 fully saturated rings. The van der Waals surface area contributed by atoms with Crippen molar-refractivity contribution in [3.8, 4) is 11.5 Å². The Hall–Kier alpha value is -2.09. The first-order valence-corrected chi connectivity index (χ1v) is 10.4. The van der Waals surface area contributed by atoms with E-state index in [2.05, 4.69) is 4.72 Å². The second kappa shape index (κ2) is 10.3. The number of rotatable bonds is 11. The van der Waals surface area contributed by atoms with Gasteiger partial charge in [-0.15, -0.1) is 0 Å². The van der Waals surface area contributed by atoms with Crippen molar-refractivity contribution in [2.75, 3.05) is 19.8 Å². The summed E-state index contributed by atoms with van der Waals surface area (Å²) in [5.74, 6) is 1.37. The van der Waals surface area contributed by atoms with Crippen LogP contribution in [0.3, 0.4) is 0 Å². The summed E-state index contributed by atoms with van der Waals surface area (Å²) in [6.45, 7) is 7.60. The Morgan fingerprint density at radius 3 is 2.15 bits per heavy atom. The molecule has 0 saturated carbocycles. The van der Waals surface area contributed by atoms with E-state index in [1.807, 2.05) is 45.0 Å². The predicted octanol–water partition coefficient (Wildman–Crippen LogP) is 3.37. The highest BCUT2D eigenvalue weighted by Gasteiger charge is 2.13. The van der Waals surface area contributed by atoms with Crippen molar-refractivity contribution < 1.29 is 22.6 Å². The van der Waals surface area contributed by atoms with Crippen LogP contribution in [0, 0.1) is 0 Å². The van der Waals surface area contributed by atoms with Gasteiger partial charge >= 0.3 is 0 Å². The van der Waals surface area contributed by atoms with Gasteiger partial charge in [0.05, 0.1) is 17.6 Å². The largest absolute Gasteiger partial charge is 0.491 e. The van der Waals surface area contributed by atoms with Gasteiger partial charge in [0.15, 0.2) is 0 Å². The lowest BCUT2D eigenvalue weighted by Gasteiger charge is -2.11. The van der Waals surface area contributed by atoms with Crippen LogP contribution in [0.15, 0.2) is 53.4 Å². The molecule has 148 valence electrons. The Balaban J connectivity index is 1.90. The van der Waals surface area contributed by atoms with Crippen LogP contribution < -0.4 is 14.2 Å². The predicted molar refractivity (Wildman–Crippen MR) is 105 cm³/mol. The SMILES string of the molecule is CCOCCOc1ccc(S(=O)(=O)NCc2ccc(OC(C)C)cc2)cc1. The minimum atomic E-state index is -3.59. The molecule has 0 amide bonds. The minimum Gasteiger partial charge on any atom is -0.491 e. The lowest BCUT2D eigenvalue weighted by Crippen LogP contribution is -2.23. The van der Waals surface area contributed by atoms with E-state index in [0.29, 0.717) is 25.6 Å². The maximum absolute atomic E-state index is 12.4.